The number of amides is 3. The summed E-state index contributed by atoms with van der Waals surface area (Å²) in [6.45, 7) is -3.64. The van der Waals surface area contributed by atoms with E-state index in [1.54, 1.807) is 0 Å². The smallest absolute Gasteiger partial charge is 0.394 e. The first-order chi connectivity index (χ1) is 56.4. The van der Waals surface area contributed by atoms with Crippen molar-refractivity contribution in [1.29, 1.82) is 0 Å². The molecule has 22 N–H and O–H groups in total. The number of aliphatic hydroxyl groups excluding tert-OH is 18. The molecule has 0 aromatic carbocycles. The van der Waals surface area contributed by atoms with E-state index < -0.39 is 277 Å². The summed E-state index contributed by atoms with van der Waals surface area (Å²) in [7, 11) is -5.62. The molecule has 2 bridgehead atoms. The fraction of sp³-hybridized carbons (Fsp3) is 0.935. The summed E-state index contributed by atoms with van der Waals surface area (Å²) < 4.78 is 112. The Morgan fingerprint density at radius 3 is 1.59 bits per heavy atom. The summed E-state index contributed by atoms with van der Waals surface area (Å²) in [5.41, 5.74) is 0. The average molecular weight is 1730 g/mol. The second-order valence-corrected chi connectivity index (χ2v) is 33.2. The van der Waals surface area contributed by atoms with Crippen LogP contribution >= 0.6 is 0 Å². The zero-order valence-corrected chi connectivity index (χ0v) is 68.7. The van der Waals surface area contributed by atoms with Gasteiger partial charge in [-0.2, -0.15) is 8.42 Å². The van der Waals surface area contributed by atoms with E-state index in [0.29, 0.717) is 12.8 Å². The standard InChI is InChI=1S/C77H137N3O37S/c1-4-6-8-10-12-14-16-18-19-21-23-25-27-29-31-33-53(91)79-44(45(87)32-30-28-26-24-22-20-17-15-13-11-9-7-5-2)39-105-72-61(97)60(96)64(51(38-84)110-72)112-73-62(98)68(58(94)49(36-82)108-73)114-71-55(78-43(3)86)67(116-77(42-85)70(100)57(93)48(90)40-106-77)65(52(111-71)41-107-118(102,103)104)113-74-63(99)69(59(95)50(37-83)109-74)117-76-34-46(88)54(80-75(76)101)66(115-76)56(92)47(89)35-81/h30,32,44-52,54-74,81-85,87-90,92-100H,4-29,31,33-42H2,1-3H3,(H,78,86)(H,79,91)(H,80,101)(H,102,103,104)/b32-30+/t44-,45+,46-,47+,48-,49+,50+,51+,52+,54+,55+,56+,57-,58-,59-,60+,61+,62+,63+,64+,65-,66+,67+,68-,69-,70+,71-,72+,73-,74-,76-,77-/m0/s1. The van der Waals surface area contributed by atoms with E-state index in [2.05, 4.69) is 29.8 Å². The molecule has 118 heavy (non-hydrogen) atoms. The van der Waals surface area contributed by atoms with Crippen molar-refractivity contribution in [1.82, 2.24) is 16.0 Å². The molecule has 0 aromatic heterocycles. The molecule has 3 amide bonds. The molecule has 8 rings (SSSR count). The van der Waals surface area contributed by atoms with Crippen molar-refractivity contribution < 1.29 is 180 Å². The van der Waals surface area contributed by atoms with Gasteiger partial charge in [0, 0.05) is 19.8 Å². The molecule has 0 radical (unpaired) electrons. The Bertz CT molecular complexity index is 3020. The monoisotopic (exact) mass is 1730 g/mol. The van der Waals surface area contributed by atoms with Gasteiger partial charge in [0.05, 0.1) is 70.5 Å². The molecular weight excluding hydrogens is 1590 g/mol. The number of fused-ring (bicyclic) bond motifs is 3. The molecule has 40 nitrogen and oxygen atoms in total. The first-order valence-electron chi connectivity index (χ1n) is 42.3. The van der Waals surface area contributed by atoms with Crippen LogP contribution in [0.25, 0.3) is 0 Å². The van der Waals surface area contributed by atoms with Gasteiger partial charge in [-0.05, 0) is 19.3 Å². The third-order valence-corrected chi connectivity index (χ3v) is 23.4. The van der Waals surface area contributed by atoms with Crippen LogP contribution in [0.3, 0.4) is 0 Å². The molecule has 8 fully saturated rings. The van der Waals surface area contributed by atoms with Crippen molar-refractivity contribution in [2.75, 3.05) is 52.9 Å². The molecule has 8 aliphatic rings. The number of unbranched alkanes of at least 4 members (excludes halogenated alkanes) is 25. The predicted octanol–water partition coefficient (Wildman–Crippen LogP) is -3.48. The normalized spacial score (nSPS) is 37.0. The van der Waals surface area contributed by atoms with E-state index in [1.807, 2.05) is 6.08 Å². The van der Waals surface area contributed by atoms with E-state index in [4.69, 9.17) is 61.0 Å². The maximum atomic E-state index is 13.8. The summed E-state index contributed by atoms with van der Waals surface area (Å²) in [5.74, 6) is -8.48. The van der Waals surface area contributed by atoms with Gasteiger partial charge in [-0.1, -0.05) is 180 Å². The van der Waals surface area contributed by atoms with Crippen LogP contribution in [-0.2, 0) is 85.8 Å². The fourth-order valence-corrected chi connectivity index (χ4v) is 16.3. The van der Waals surface area contributed by atoms with Crippen molar-refractivity contribution in [3.05, 3.63) is 12.2 Å². The van der Waals surface area contributed by atoms with Crippen LogP contribution < -0.4 is 16.0 Å². The van der Waals surface area contributed by atoms with Crippen molar-refractivity contribution >= 4 is 28.1 Å². The summed E-state index contributed by atoms with van der Waals surface area (Å²) in [6.07, 6.45) is -24.5. The van der Waals surface area contributed by atoms with Gasteiger partial charge in [0.25, 0.3) is 11.7 Å². The summed E-state index contributed by atoms with van der Waals surface area (Å²) in [6, 6.07) is -4.80. The highest BCUT2D eigenvalue weighted by atomic mass is 32.3. The van der Waals surface area contributed by atoms with Gasteiger partial charge >= 0.3 is 10.4 Å². The van der Waals surface area contributed by atoms with Crippen molar-refractivity contribution in [3.63, 3.8) is 0 Å². The van der Waals surface area contributed by atoms with Gasteiger partial charge in [-0.3, -0.25) is 18.9 Å². The number of hydrogen-bond acceptors (Lipinski definition) is 36. The molecule has 0 aromatic rings. The summed E-state index contributed by atoms with van der Waals surface area (Å²) in [4.78, 5) is 41.0. The van der Waals surface area contributed by atoms with Crippen LogP contribution in [0.2, 0.25) is 0 Å². The first kappa shape index (κ1) is 102. The molecule has 8 saturated heterocycles. The lowest BCUT2D eigenvalue weighted by Gasteiger charge is -2.55. The minimum Gasteiger partial charge on any atom is -0.394 e. The Kier molecular flexibility index (Phi) is 43.9. The van der Waals surface area contributed by atoms with Gasteiger partial charge in [-0.25, -0.2) is 4.18 Å². The highest BCUT2D eigenvalue weighted by molar-refractivity contribution is 7.80. The minimum atomic E-state index is -5.62. The summed E-state index contributed by atoms with van der Waals surface area (Å²) >= 11 is 0. The Balaban J connectivity index is 1.10. The van der Waals surface area contributed by atoms with Crippen LogP contribution in [0.4, 0.5) is 0 Å². The molecule has 8 heterocycles. The van der Waals surface area contributed by atoms with Crippen LogP contribution in [0.15, 0.2) is 12.2 Å². The largest absolute Gasteiger partial charge is 0.397 e. The number of nitrogens with one attached hydrogen (secondary N) is 3. The molecule has 8 aliphatic heterocycles. The Morgan fingerprint density at radius 1 is 0.568 bits per heavy atom. The molecule has 0 aliphatic carbocycles. The van der Waals surface area contributed by atoms with Crippen LogP contribution in [0, 0.1) is 0 Å². The molecular formula is C77H137N3O37S. The predicted molar refractivity (Wildman–Crippen MR) is 408 cm³/mol. The third-order valence-electron chi connectivity index (χ3n) is 22.9. The zero-order chi connectivity index (χ0) is 86.4. The lowest BCUT2D eigenvalue weighted by Crippen LogP contribution is -2.77. The molecule has 0 spiro atoms. The average Bonchev–Trinajstić information content (AvgIpc) is 0.729. The second kappa shape index (κ2) is 50.8. The quantitative estimate of drug-likeness (QED) is 0.0160. The SMILES string of the molecule is CCCCCCCCCCCCC/C=C/[C@@H](O)[C@H](CO[C@@H]1O[C@H](CO)[C@@H](O[C@@H]2O[C@H](CO)[C@H](O)[C@H](O[C@@H]3O[C@H](COS(=O)(=O)O)[C@H](O[C@@H]4O[C@H](CO)[C@H](O)[C@H](O[C@@]56C[C@H](O)[C@@H](NC5=O)[C@H]([C@H](O)[C@H](O)CO)O6)[C@H]4O)[C@H](O[C@]4(CO)OC[C@H](O)[C@H](O)[C@H]4O)[C@H]3NC(C)=O)[C@H]2O)[C@H](O)[C@H]1O)NC(=O)CCCCCCCCCCCCCCCCC. The highest BCUT2D eigenvalue weighted by Gasteiger charge is 2.65. The fourth-order valence-electron chi connectivity index (χ4n) is 16.0. The van der Waals surface area contributed by atoms with Gasteiger partial charge < -0.3 is 165 Å². The highest BCUT2D eigenvalue weighted by Crippen LogP contribution is 2.44. The summed E-state index contributed by atoms with van der Waals surface area (Å²) in [5, 5.41) is 210. The number of carbonyl (C=O) groups excluding carboxylic acids is 3. The number of aliphatic hydroxyl groups is 18. The molecule has 0 unspecified atom stereocenters. The molecule has 0 saturated carbocycles. The van der Waals surface area contributed by atoms with Crippen molar-refractivity contribution in [3.8, 4) is 0 Å². The number of allylic oxidation sites excluding steroid dienone is 1. The van der Waals surface area contributed by atoms with Crippen molar-refractivity contribution in [2.45, 2.75) is 402 Å². The van der Waals surface area contributed by atoms with Gasteiger partial charge in [-0.15, -0.1) is 0 Å². The van der Waals surface area contributed by atoms with Gasteiger partial charge in [0.2, 0.25) is 17.6 Å². The topological polar surface area (TPSA) is 626 Å². The van der Waals surface area contributed by atoms with E-state index >= 15 is 0 Å². The minimum absolute atomic E-state index is 0.131. The Morgan fingerprint density at radius 2 is 1.07 bits per heavy atom. The van der Waals surface area contributed by atoms with E-state index in [1.165, 1.54) is 109 Å². The zero-order valence-electron chi connectivity index (χ0n) is 67.9. The van der Waals surface area contributed by atoms with Crippen LogP contribution in [0.5, 0.6) is 0 Å². The van der Waals surface area contributed by atoms with E-state index in [0.717, 1.165) is 64.7 Å². The Labute approximate surface area is 688 Å². The number of hydrogen-bond donors (Lipinski definition) is 22. The van der Waals surface area contributed by atoms with E-state index in [-0.39, 0.29) is 12.3 Å². The first-order valence-corrected chi connectivity index (χ1v) is 43.7. The van der Waals surface area contributed by atoms with Crippen LogP contribution in [0.1, 0.15) is 207 Å². The van der Waals surface area contributed by atoms with E-state index in [9.17, 15) is 119 Å². The second-order valence-electron chi connectivity index (χ2n) is 32.1. The third kappa shape index (κ3) is 28.9. The number of morpholine rings is 1. The number of carbonyl (C=O) groups is 3. The van der Waals surface area contributed by atoms with Crippen LogP contribution in [-0.4, -0.2) is 371 Å². The lowest BCUT2D eigenvalue weighted by molar-refractivity contribution is -0.414. The number of piperidine rings is 1. The molecule has 688 valence electrons. The maximum Gasteiger partial charge on any atom is 0.397 e. The van der Waals surface area contributed by atoms with Crippen molar-refractivity contribution in [2.24, 2.45) is 0 Å². The maximum absolute atomic E-state index is 13.8. The van der Waals surface area contributed by atoms with Gasteiger partial charge in [0.15, 0.2) is 25.2 Å². The van der Waals surface area contributed by atoms with Gasteiger partial charge in [0.1, 0.15) is 141 Å². The lowest BCUT2D eigenvalue weighted by atomic mass is 9.84. The number of rotatable bonds is 55. The number of ether oxygens (including phenoxy) is 12. The molecule has 41 heteroatoms. The molecule has 32 atom stereocenters. The Hall–Kier alpha value is -3.18.